The molecule has 0 aliphatic carbocycles. The number of benzene rings is 2. The Morgan fingerprint density at radius 3 is 2.42 bits per heavy atom. The number of aromatic amines is 1. The minimum absolute atomic E-state index is 0.0351. The second kappa shape index (κ2) is 9.53. The van der Waals surface area contributed by atoms with Gasteiger partial charge >= 0.3 is 5.95 Å². The molecule has 4 rings (SSSR count). The number of amides is 1. The molecule has 1 aliphatic rings. The Hall–Kier alpha value is -3.52. The number of nitrogens with zero attached hydrogens (tertiary/aromatic N) is 2. The summed E-state index contributed by atoms with van der Waals surface area (Å²) in [5, 5.41) is 13.7. The van der Waals surface area contributed by atoms with E-state index in [4.69, 9.17) is 4.74 Å². The van der Waals surface area contributed by atoms with Crippen LogP contribution in [0.25, 0.3) is 11.3 Å². The van der Waals surface area contributed by atoms with Crippen molar-refractivity contribution in [2.75, 3.05) is 13.2 Å². The van der Waals surface area contributed by atoms with Gasteiger partial charge in [0.15, 0.2) is 0 Å². The Kier molecular flexibility index (Phi) is 6.37. The van der Waals surface area contributed by atoms with Crippen LogP contribution in [0, 0.1) is 10.1 Å². The maximum Gasteiger partial charge on any atom is 0.432 e. The monoisotopic (exact) mass is 420 g/mol. The van der Waals surface area contributed by atoms with Crippen LogP contribution < -0.4 is 5.32 Å². The number of hydrogen-bond donors (Lipinski definition) is 2. The first kappa shape index (κ1) is 20.7. The molecular formula is C23H24N4O4. The smallest absolute Gasteiger partial charge is 0.390 e. The number of H-pyrrole nitrogens is 1. The van der Waals surface area contributed by atoms with Gasteiger partial charge in [0.1, 0.15) is 11.9 Å². The average molecular weight is 420 g/mol. The second-order valence-corrected chi connectivity index (χ2v) is 7.66. The number of rotatable bonds is 7. The van der Waals surface area contributed by atoms with Crippen molar-refractivity contribution in [2.24, 2.45) is 0 Å². The van der Waals surface area contributed by atoms with Gasteiger partial charge in [-0.05, 0) is 40.4 Å². The average Bonchev–Trinajstić information content (AvgIpc) is 3.30. The molecule has 0 atom stereocenters. The summed E-state index contributed by atoms with van der Waals surface area (Å²) in [4.78, 5) is 28.9. The molecule has 0 saturated carbocycles. The van der Waals surface area contributed by atoms with Crippen molar-refractivity contribution in [3.8, 4) is 11.3 Å². The quantitative estimate of drug-likeness (QED) is 0.447. The Bertz CT molecular complexity index is 1040. The number of hydrogen-bond acceptors (Lipinski definition) is 5. The van der Waals surface area contributed by atoms with Crippen LogP contribution in [-0.4, -0.2) is 34.0 Å². The lowest BCUT2D eigenvalue weighted by atomic mass is 9.91. The van der Waals surface area contributed by atoms with Crippen LogP contribution >= 0.6 is 0 Å². The Morgan fingerprint density at radius 2 is 1.77 bits per heavy atom. The lowest BCUT2D eigenvalue weighted by molar-refractivity contribution is -0.393. The molecule has 0 bridgehead atoms. The number of imidazole rings is 1. The molecule has 1 fully saturated rings. The summed E-state index contributed by atoms with van der Waals surface area (Å²) < 4.78 is 5.42. The van der Waals surface area contributed by atoms with Crippen molar-refractivity contribution in [1.29, 1.82) is 0 Å². The summed E-state index contributed by atoms with van der Waals surface area (Å²) in [6, 6.07) is 15.7. The third-order valence-electron chi connectivity index (χ3n) is 5.53. The highest BCUT2D eigenvalue weighted by atomic mass is 16.6. The molecule has 1 aliphatic heterocycles. The van der Waals surface area contributed by atoms with E-state index in [1.165, 1.54) is 11.8 Å². The fraction of sp³-hybridized carbons (Fsp3) is 0.304. The third kappa shape index (κ3) is 5.35. The van der Waals surface area contributed by atoms with Gasteiger partial charge in [-0.15, -0.1) is 0 Å². The van der Waals surface area contributed by atoms with E-state index in [-0.39, 0.29) is 11.9 Å². The zero-order valence-electron chi connectivity index (χ0n) is 17.0. The van der Waals surface area contributed by atoms with Gasteiger partial charge in [0.2, 0.25) is 5.91 Å². The maximum absolute atomic E-state index is 12.3. The van der Waals surface area contributed by atoms with E-state index in [0.29, 0.717) is 24.6 Å². The number of nitrogens with one attached hydrogen (secondary N) is 2. The number of carbonyl (C=O) groups is 1. The van der Waals surface area contributed by atoms with Crippen LogP contribution in [0.5, 0.6) is 0 Å². The van der Waals surface area contributed by atoms with Crippen LogP contribution in [0.1, 0.15) is 35.4 Å². The van der Waals surface area contributed by atoms with Gasteiger partial charge in [-0.25, -0.2) is 4.98 Å². The molecular weight excluding hydrogens is 396 g/mol. The van der Waals surface area contributed by atoms with Crippen molar-refractivity contribution in [1.82, 2.24) is 15.3 Å². The lowest BCUT2D eigenvalue weighted by Gasteiger charge is -2.22. The first-order chi connectivity index (χ1) is 15.1. The second-order valence-electron chi connectivity index (χ2n) is 7.66. The fourth-order valence-electron chi connectivity index (χ4n) is 3.74. The standard InChI is InChI=1S/C23H24N4O4/c28-22(13-16-1-5-18(6-2-16)19-9-11-31-12-10-19)24-14-17-3-7-20(8-4-17)21-15-25-23(26-21)27(29)30/h1-8,15,19H,9-14H2,(H,24,28)(H,25,26). The largest absolute Gasteiger partial charge is 0.432 e. The van der Waals surface area contributed by atoms with Crippen molar-refractivity contribution < 1.29 is 14.5 Å². The zero-order valence-corrected chi connectivity index (χ0v) is 17.0. The van der Waals surface area contributed by atoms with Crippen molar-refractivity contribution in [2.45, 2.75) is 31.7 Å². The minimum Gasteiger partial charge on any atom is -0.390 e. The predicted octanol–water partition coefficient (Wildman–Crippen LogP) is 3.74. The third-order valence-corrected chi connectivity index (χ3v) is 5.53. The van der Waals surface area contributed by atoms with E-state index in [0.717, 1.165) is 42.7 Å². The summed E-state index contributed by atoms with van der Waals surface area (Å²) in [6.07, 6.45) is 3.87. The van der Waals surface area contributed by atoms with E-state index in [1.54, 1.807) is 0 Å². The minimum atomic E-state index is -0.564. The number of nitro groups is 1. The molecule has 160 valence electrons. The van der Waals surface area contributed by atoms with Crippen molar-refractivity contribution >= 4 is 11.9 Å². The van der Waals surface area contributed by atoms with Gasteiger partial charge in [-0.3, -0.25) is 4.79 Å². The molecule has 3 aromatic rings. The summed E-state index contributed by atoms with van der Waals surface area (Å²) in [5.74, 6) is 0.228. The van der Waals surface area contributed by atoms with Gasteiger partial charge in [0, 0.05) is 25.3 Å². The van der Waals surface area contributed by atoms with Crippen molar-refractivity contribution in [3.05, 3.63) is 81.5 Å². The Morgan fingerprint density at radius 1 is 1.10 bits per heavy atom. The van der Waals surface area contributed by atoms with Gasteiger partial charge in [0.05, 0.1) is 6.42 Å². The number of ether oxygens (including phenoxy) is 1. The first-order valence-corrected chi connectivity index (χ1v) is 10.3. The predicted molar refractivity (Wildman–Crippen MR) is 115 cm³/mol. The summed E-state index contributed by atoms with van der Waals surface area (Å²) in [5.41, 5.74) is 4.62. The molecule has 8 nitrogen and oxygen atoms in total. The molecule has 2 aromatic carbocycles. The van der Waals surface area contributed by atoms with E-state index < -0.39 is 4.92 Å². The SMILES string of the molecule is O=C(Cc1ccc(C2CCOCC2)cc1)NCc1ccc(-c2cnc([N+](=O)[O-])[nH]2)cc1. The fourth-order valence-corrected chi connectivity index (χ4v) is 3.74. The summed E-state index contributed by atoms with van der Waals surface area (Å²) >= 11 is 0. The van der Waals surface area contributed by atoms with E-state index in [2.05, 4.69) is 27.4 Å². The van der Waals surface area contributed by atoms with Gasteiger partial charge < -0.3 is 20.2 Å². The van der Waals surface area contributed by atoms with Crippen LogP contribution in [0.4, 0.5) is 5.95 Å². The molecule has 0 spiro atoms. The summed E-state index contributed by atoms with van der Waals surface area (Å²) in [6.45, 7) is 2.05. The molecule has 31 heavy (non-hydrogen) atoms. The number of aromatic nitrogens is 2. The Labute approximate surface area is 179 Å². The zero-order chi connectivity index (χ0) is 21.6. The van der Waals surface area contributed by atoms with E-state index in [1.807, 2.05) is 36.4 Å². The van der Waals surface area contributed by atoms with E-state index in [9.17, 15) is 14.9 Å². The first-order valence-electron chi connectivity index (χ1n) is 10.3. The van der Waals surface area contributed by atoms with Gasteiger partial charge in [-0.2, -0.15) is 0 Å². The highest BCUT2D eigenvalue weighted by Gasteiger charge is 2.16. The topological polar surface area (TPSA) is 110 Å². The maximum atomic E-state index is 12.3. The highest BCUT2D eigenvalue weighted by molar-refractivity contribution is 5.78. The highest BCUT2D eigenvalue weighted by Crippen LogP contribution is 2.27. The van der Waals surface area contributed by atoms with E-state index >= 15 is 0 Å². The van der Waals surface area contributed by atoms with Gasteiger partial charge in [0.25, 0.3) is 0 Å². The molecule has 0 unspecified atom stereocenters. The molecule has 1 aromatic heterocycles. The van der Waals surface area contributed by atoms with Gasteiger partial charge in [-0.1, -0.05) is 53.5 Å². The van der Waals surface area contributed by atoms with Crippen LogP contribution in [-0.2, 0) is 22.5 Å². The molecule has 1 saturated heterocycles. The summed E-state index contributed by atoms with van der Waals surface area (Å²) in [7, 11) is 0. The molecule has 1 amide bonds. The molecule has 0 radical (unpaired) electrons. The van der Waals surface area contributed by atoms with Crippen LogP contribution in [0.15, 0.2) is 54.7 Å². The lowest BCUT2D eigenvalue weighted by Crippen LogP contribution is -2.24. The number of carbonyl (C=O) groups excluding carboxylic acids is 1. The molecule has 2 heterocycles. The van der Waals surface area contributed by atoms with Crippen LogP contribution in [0.2, 0.25) is 0 Å². The normalized spacial score (nSPS) is 14.3. The van der Waals surface area contributed by atoms with Crippen LogP contribution in [0.3, 0.4) is 0 Å². The Balaban J connectivity index is 1.27. The molecule has 8 heteroatoms. The van der Waals surface area contributed by atoms with Crippen molar-refractivity contribution in [3.63, 3.8) is 0 Å². The molecule has 2 N–H and O–H groups in total.